The number of rotatable bonds is 6. The van der Waals surface area contributed by atoms with E-state index in [9.17, 15) is 23.3 Å². The molecule has 9 nitrogen and oxygen atoms in total. The van der Waals surface area contributed by atoms with Crippen molar-refractivity contribution in [2.24, 2.45) is 5.10 Å². The second-order valence-corrected chi connectivity index (χ2v) is 8.12. The first-order valence-electron chi connectivity index (χ1n) is 8.56. The van der Waals surface area contributed by atoms with Crippen LogP contribution in [0.5, 0.6) is 0 Å². The van der Waals surface area contributed by atoms with Crippen LogP contribution >= 0.6 is 0 Å². The number of hydrogen-bond donors (Lipinski definition) is 1. The summed E-state index contributed by atoms with van der Waals surface area (Å²) in [5, 5.41) is 14.4. The molecule has 0 unspecified atom stereocenters. The van der Waals surface area contributed by atoms with Crippen molar-refractivity contribution in [1.29, 1.82) is 0 Å². The molecule has 0 aromatic heterocycles. The van der Waals surface area contributed by atoms with Crippen molar-refractivity contribution in [3.63, 3.8) is 0 Å². The SMILES string of the molecule is O=C(N/N=C/c1ccc([N+](=O)[O-])cc1)c1cccc(S(=O)(=O)N2CCCC2)c1. The Bertz CT molecular complexity index is 1010. The molecular formula is C18H18N4O5S. The van der Waals surface area contributed by atoms with Crippen molar-refractivity contribution in [1.82, 2.24) is 9.73 Å². The van der Waals surface area contributed by atoms with E-state index in [1.165, 1.54) is 59.1 Å². The van der Waals surface area contributed by atoms with Gasteiger partial charge in [0, 0.05) is 30.8 Å². The summed E-state index contributed by atoms with van der Waals surface area (Å²) in [6.45, 7) is 0.969. The van der Waals surface area contributed by atoms with Gasteiger partial charge in [0.25, 0.3) is 11.6 Å². The maximum atomic E-state index is 12.6. The van der Waals surface area contributed by atoms with Crippen molar-refractivity contribution in [2.75, 3.05) is 13.1 Å². The van der Waals surface area contributed by atoms with Gasteiger partial charge in [-0.15, -0.1) is 0 Å². The molecule has 1 amide bonds. The summed E-state index contributed by atoms with van der Waals surface area (Å²) in [5.74, 6) is -0.559. The first kappa shape index (κ1) is 19.6. The van der Waals surface area contributed by atoms with Gasteiger partial charge in [0.15, 0.2) is 0 Å². The second-order valence-electron chi connectivity index (χ2n) is 6.19. The minimum Gasteiger partial charge on any atom is -0.267 e. The number of nitrogens with zero attached hydrogens (tertiary/aromatic N) is 3. The summed E-state index contributed by atoms with van der Waals surface area (Å²) in [4.78, 5) is 22.4. The summed E-state index contributed by atoms with van der Waals surface area (Å²) in [6.07, 6.45) is 3.00. The number of nitrogens with one attached hydrogen (secondary N) is 1. The second kappa shape index (κ2) is 8.28. The maximum Gasteiger partial charge on any atom is 0.271 e. The zero-order chi connectivity index (χ0) is 20.1. The Labute approximate surface area is 161 Å². The summed E-state index contributed by atoms with van der Waals surface area (Å²) in [5.41, 5.74) is 3.01. The van der Waals surface area contributed by atoms with Crippen LogP contribution in [-0.2, 0) is 10.0 Å². The van der Waals surface area contributed by atoms with Gasteiger partial charge in [-0.3, -0.25) is 14.9 Å². The van der Waals surface area contributed by atoms with Crippen LogP contribution in [0.2, 0.25) is 0 Å². The van der Waals surface area contributed by atoms with E-state index in [1.807, 2.05) is 0 Å². The lowest BCUT2D eigenvalue weighted by molar-refractivity contribution is -0.384. The quantitative estimate of drug-likeness (QED) is 0.451. The predicted molar refractivity (Wildman–Crippen MR) is 103 cm³/mol. The van der Waals surface area contributed by atoms with E-state index in [1.54, 1.807) is 0 Å². The Hall–Kier alpha value is -3.11. The standard InChI is InChI=1S/C18H18N4O5S/c23-18(20-19-13-14-6-8-16(9-7-14)22(24)25)15-4-3-5-17(12-15)28(26,27)21-10-1-2-11-21/h3-9,12-13H,1-2,10-11H2,(H,20,23)/b19-13+. The molecule has 0 bridgehead atoms. The Balaban J connectivity index is 1.68. The number of non-ortho nitro benzene ring substituents is 1. The molecule has 146 valence electrons. The van der Waals surface area contributed by atoms with Crippen molar-refractivity contribution >= 4 is 27.8 Å². The van der Waals surface area contributed by atoms with Crippen LogP contribution in [-0.4, -0.2) is 42.9 Å². The number of carbonyl (C=O) groups excluding carboxylic acids is 1. The van der Waals surface area contributed by atoms with Crippen LogP contribution < -0.4 is 5.43 Å². The predicted octanol–water partition coefficient (Wildman–Crippen LogP) is 2.14. The third-order valence-electron chi connectivity index (χ3n) is 4.28. The molecule has 1 aliphatic rings. The first-order chi connectivity index (χ1) is 13.4. The van der Waals surface area contributed by atoms with E-state index in [2.05, 4.69) is 10.5 Å². The molecule has 1 aliphatic heterocycles. The Morgan fingerprint density at radius 1 is 1.14 bits per heavy atom. The third kappa shape index (κ3) is 4.41. The fraction of sp³-hybridized carbons (Fsp3) is 0.222. The lowest BCUT2D eigenvalue weighted by Gasteiger charge is -2.15. The van der Waals surface area contributed by atoms with Gasteiger partial charge in [0.1, 0.15) is 0 Å². The number of carbonyl (C=O) groups is 1. The molecule has 10 heteroatoms. The first-order valence-corrected chi connectivity index (χ1v) is 10.00. The van der Waals surface area contributed by atoms with Crippen LogP contribution in [0.4, 0.5) is 5.69 Å². The summed E-state index contributed by atoms with van der Waals surface area (Å²) in [6, 6.07) is 11.5. The zero-order valence-electron chi connectivity index (χ0n) is 14.8. The fourth-order valence-corrected chi connectivity index (χ4v) is 4.35. The van der Waals surface area contributed by atoms with E-state index in [0.717, 1.165) is 12.8 Å². The highest BCUT2D eigenvalue weighted by molar-refractivity contribution is 7.89. The molecule has 1 fully saturated rings. The van der Waals surface area contributed by atoms with E-state index in [-0.39, 0.29) is 16.1 Å². The van der Waals surface area contributed by atoms with Gasteiger partial charge in [-0.05, 0) is 48.7 Å². The van der Waals surface area contributed by atoms with Crippen LogP contribution in [0, 0.1) is 10.1 Å². The van der Waals surface area contributed by atoms with Gasteiger partial charge in [-0.1, -0.05) is 6.07 Å². The summed E-state index contributed by atoms with van der Waals surface area (Å²) >= 11 is 0. The Kier molecular flexibility index (Phi) is 5.81. The molecule has 0 saturated carbocycles. The molecule has 0 aliphatic carbocycles. The van der Waals surface area contributed by atoms with Crippen molar-refractivity contribution in [3.8, 4) is 0 Å². The monoisotopic (exact) mass is 402 g/mol. The highest BCUT2D eigenvalue weighted by Crippen LogP contribution is 2.21. The molecule has 0 atom stereocenters. The fourth-order valence-electron chi connectivity index (χ4n) is 2.79. The van der Waals surface area contributed by atoms with Gasteiger partial charge in [0.05, 0.1) is 16.0 Å². The largest absolute Gasteiger partial charge is 0.271 e. The Morgan fingerprint density at radius 2 is 1.82 bits per heavy atom. The van der Waals surface area contributed by atoms with Crippen LogP contribution in [0.25, 0.3) is 0 Å². The molecule has 0 radical (unpaired) electrons. The van der Waals surface area contributed by atoms with Crippen LogP contribution in [0.1, 0.15) is 28.8 Å². The molecule has 2 aromatic rings. The van der Waals surface area contributed by atoms with Gasteiger partial charge >= 0.3 is 0 Å². The van der Waals surface area contributed by atoms with E-state index < -0.39 is 20.9 Å². The molecule has 28 heavy (non-hydrogen) atoms. The number of nitro groups is 1. The molecule has 2 aromatic carbocycles. The van der Waals surface area contributed by atoms with E-state index >= 15 is 0 Å². The third-order valence-corrected chi connectivity index (χ3v) is 6.18. The van der Waals surface area contributed by atoms with E-state index in [0.29, 0.717) is 18.7 Å². The number of nitro benzene ring substituents is 1. The molecule has 1 saturated heterocycles. The lowest BCUT2D eigenvalue weighted by atomic mass is 10.2. The average molecular weight is 402 g/mol. The molecule has 1 N–H and O–H groups in total. The summed E-state index contributed by atoms with van der Waals surface area (Å²) in [7, 11) is -3.61. The van der Waals surface area contributed by atoms with Crippen molar-refractivity contribution < 1.29 is 18.1 Å². The molecule has 3 rings (SSSR count). The van der Waals surface area contributed by atoms with Crippen molar-refractivity contribution in [2.45, 2.75) is 17.7 Å². The Morgan fingerprint density at radius 3 is 2.46 bits per heavy atom. The average Bonchev–Trinajstić information content (AvgIpc) is 3.24. The number of hydrazone groups is 1. The highest BCUT2D eigenvalue weighted by Gasteiger charge is 2.27. The minimum absolute atomic E-state index is 0.0442. The molecular weight excluding hydrogens is 384 g/mol. The number of sulfonamides is 1. The van der Waals surface area contributed by atoms with Crippen LogP contribution in [0.15, 0.2) is 58.5 Å². The van der Waals surface area contributed by atoms with Gasteiger partial charge in [0.2, 0.25) is 10.0 Å². The smallest absolute Gasteiger partial charge is 0.267 e. The molecule has 0 spiro atoms. The topological polar surface area (TPSA) is 122 Å². The number of amides is 1. The van der Waals surface area contributed by atoms with Crippen LogP contribution in [0.3, 0.4) is 0 Å². The number of benzene rings is 2. The van der Waals surface area contributed by atoms with Gasteiger partial charge in [-0.25, -0.2) is 13.8 Å². The molecule has 1 heterocycles. The van der Waals surface area contributed by atoms with E-state index in [4.69, 9.17) is 0 Å². The highest BCUT2D eigenvalue weighted by atomic mass is 32.2. The summed E-state index contributed by atoms with van der Waals surface area (Å²) < 4.78 is 26.6. The van der Waals surface area contributed by atoms with Gasteiger partial charge in [-0.2, -0.15) is 9.41 Å². The maximum absolute atomic E-state index is 12.6. The zero-order valence-corrected chi connectivity index (χ0v) is 15.6. The number of hydrogen-bond acceptors (Lipinski definition) is 6. The lowest BCUT2D eigenvalue weighted by Crippen LogP contribution is -2.28. The van der Waals surface area contributed by atoms with Gasteiger partial charge < -0.3 is 0 Å². The minimum atomic E-state index is -3.61. The van der Waals surface area contributed by atoms with Crippen molar-refractivity contribution in [3.05, 3.63) is 69.8 Å². The normalized spacial score (nSPS) is 15.0.